The van der Waals surface area contributed by atoms with Gasteiger partial charge in [0.15, 0.2) is 0 Å². The van der Waals surface area contributed by atoms with Crippen molar-refractivity contribution in [2.45, 2.75) is 11.1 Å². The first-order valence-corrected chi connectivity index (χ1v) is 8.57. The summed E-state index contributed by atoms with van der Waals surface area (Å²) in [5, 5.41) is 10.7. The van der Waals surface area contributed by atoms with Crippen molar-refractivity contribution < 1.29 is 26.7 Å². The van der Waals surface area contributed by atoms with E-state index in [1.165, 1.54) is 6.07 Å². The van der Waals surface area contributed by atoms with Crippen molar-refractivity contribution in [2.24, 2.45) is 0 Å². The average Bonchev–Trinajstić information content (AvgIpc) is 2.52. The number of fused-ring (bicyclic) bond motifs is 1. The predicted octanol–water partition coefficient (Wildman–Crippen LogP) is 4.37. The van der Waals surface area contributed by atoms with Crippen LogP contribution in [0.15, 0.2) is 65.6 Å². The van der Waals surface area contributed by atoms with E-state index in [2.05, 4.69) is 4.72 Å². The molecule has 0 amide bonds. The Hall–Kier alpha value is -2.74. The number of benzene rings is 3. The van der Waals surface area contributed by atoms with Crippen LogP contribution in [-0.4, -0.2) is 13.5 Å². The van der Waals surface area contributed by atoms with E-state index in [1.807, 2.05) is 0 Å². The van der Waals surface area contributed by atoms with E-state index in [4.69, 9.17) is 0 Å². The first-order valence-electron chi connectivity index (χ1n) is 7.09. The molecule has 0 heterocycles. The number of hydrogen-bond acceptors (Lipinski definition) is 3. The van der Waals surface area contributed by atoms with Crippen LogP contribution in [0.2, 0.25) is 0 Å². The summed E-state index contributed by atoms with van der Waals surface area (Å²) in [4.78, 5) is -0.00927. The minimum absolute atomic E-state index is 0.00927. The van der Waals surface area contributed by atoms with Gasteiger partial charge in [-0.2, -0.15) is 13.2 Å². The zero-order chi connectivity index (χ0) is 18.2. The number of halogens is 3. The molecular weight excluding hydrogens is 355 g/mol. The Morgan fingerprint density at radius 1 is 0.920 bits per heavy atom. The number of aromatic hydroxyl groups is 1. The van der Waals surface area contributed by atoms with Crippen LogP contribution >= 0.6 is 0 Å². The van der Waals surface area contributed by atoms with Crippen LogP contribution in [0, 0.1) is 0 Å². The van der Waals surface area contributed by atoms with Gasteiger partial charge in [0.05, 0.1) is 16.1 Å². The van der Waals surface area contributed by atoms with Crippen LogP contribution in [0.25, 0.3) is 10.8 Å². The van der Waals surface area contributed by atoms with E-state index in [-0.39, 0.29) is 10.6 Å². The molecule has 3 aromatic carbocycles. The number of rotatable bonds is 3. The van der Waals surface area contributed by atoms with Crippen LogP contribution in [0.1, 0.15) is 5.56 Å². The molecule has 4 nitrogen and oxygen atoms in total. The van der Waals surface area contributed by atoms with Crippen LogP contribution in [0.4, 0.5) is 18.9 Å². The van der Waals surface area contributed by atoms with Gasteiger partial charge in [-0.25, -0.2) is 8.42 Å². The number of phenols is 1. The van der Waals surface area contributed by atoms with Gasteiger partial charge in [-0.15, -0.1) is 0 Å². The van der Waals surface area contributed by atoms with Crippen LogP contribution in [0.5, 0.6) is 5.75 Å². The van der Waals surface area contributed by atoms with Crippen molar-refractivity contribution in [2.75, 3.05) is 4.72 Å². The quantitative estimate of drug-likeness (QED) is 0.723. The van der Waals surface area contributed by atoms with Crippen molar-refractivity contribution in [3.05, 3.63) is 66.2 Å². The SMILES string of the molecule is O=S(=O)(Nc1ccc(C(F)(F)F)c(O)c1)c1cccc2ccccc12. The zero-order valence-corrected chi connectivity index (χ0v) is 13.4. The number of phenolic OH excluding ortho intramolecular Hbond substituents is 1. The molecule has 2 N–H and O–H groups in total. The molecule has 0 saturated carbocycles. The van der Waals surface area contributed by atoms with Crippen molar-refractivity contribution in [1.82, 2.24) is 0 Å². The molecule has 0 fully saturated rings. The minimum atomic E-state index is -4.73. The molecule has 0 bridgehead atoms. The second-order valence-corrected chi connectivity index (χ2v) is 6.96. The minimum Gasteiger partial charge on any atom is -0.507 e. The second kappa shape index (κ2) is 5.96. The van der Waals surface area contributed by atoms with E-state index >= 15 is 0 Å². The Labute approximate surface area is 141 Å². The molecule has 25 heavy (non-hydrogen) atoms. The molecule has 8 heteroatoms. The molecule has 0 atom stereocenters. The standard InChI is InChI=1S/C17H12F3NO3S/c18-17(19,20)14-9-8-12(10-15(14)22)21-25(23,24)16-7-3-5-11-4-1-2-6-13(11)16/h1-10,21-22H. The van der Waals surface area contributed by atoms with Gasteiger partial charge in [0.1, 0.15) is 5.75 Å². The molecule has 0 unspecified atom stereocenters. The number of sulfonamides is 1. The molecule has 130 valence electrons. The summed E-state index contributed by atoms with van der Waals surface area (Å²) in [5.74, 6) is -1.05. The van der Waals surface area contributed by atoms with Gasteiger partial charge in [0.2, 0.25) is 0 Å². The summed E-state index contributed by atoms with van der Waals surface area (Å²) in [5.41, 5.74) is -1.40. The Morgan fingerprint density at radius 3 is 2.28 bits per heavy atom. The van der Waals surface area contributed by atoms with Crippen LogP contribution in [-0.2, 0) is 16.2 Å². The molecule has 0 spiro atoms. The molecular formula is C17H12F3NO3S. The predicted molar refractivity (Wildman–Crippen MR) is 87.9 cm³/mol. The Kier molecular flexibility index (Phi) is 4.08. The first kappa shape index (κ1) is 17.1. The number of nitrogens with one attached hydrogen (secondary N) is 1. The highest BCUT2D eigenvalue weighted by Crippen LogP contribution is 2.37. The van der Waals surface area contributed by atoms with Gasteiger partial charge < -0.3 is 5.11 Å². The van der Waals surface area contributed by atoms with Crippen LogP contribution < -0.4 is 4.72 Å². The van der Waals surface area contributed by atoms with E-state index in [1.54, 1.807) is 36.4 Å². The molecule has 3 aromatic rings. The third-order valence-corrected chi connectivity index (χ3v) is 5.03. The molecule has 0 saturated heterocycles. The van der Waals surface area contributed by atoms with E-state index in [0.29, 0.717) is 16.8 Å². The zero-order valence-electron chi connectivity index (χ0n) is 12.6. The fraction of sp³-hybridized carbons (Fsp3) is 0.0588. The first-order chi connectivity index (χ1) is 11.7. The molecule has 0 aliphatic carbocycles. The van der Waals surface area contributed by atoms with Crippen molar-refractivity contribution in [1.29, 1.82) is 0 Å². The maximum atomic E-state index is 12.7. The van der Waals surface area contributed by atoms with Gasteiger partial charge >= 0.3 is 6.18 Å². The molecule has 0 radical (unpaired) electrons. The van der Waals surface area contributed by atoms with E-state index in [9.17, 15) is 26.7 Å². The van der Waals surface area contributed by atoms with Gasteiger partial charge in [-0.05, 0) is 23.6 Å². The summed E-state index contributed by atoms with van der Waals surface area (Å²) in [6.07, 6.45) is -4.73. The normalized spacial score (nSPS) is 12.3. The average molecular weight is 367 g/mol. The summed E-state index contributed by atoms with van der Waals surface area (Å²) in [6.45, 7) is 0. The number of hydrogen-bond donors (Lipinski definition) is 2. The maximum Gasteiger partial charge on any atom is 0.419 e. The third-order valence-electron chi connectivity index (χ3n) is 3.59. The number of anilines is 1. The fourth-order valence-corrected chi connectivity index (χ4v) is 3.76. The monoisotopic (exact) mass is 367 g/mol. The smallest absolute Gasteiger partial charge is 0.419 e. The lowest BCUT2D eigenvalue weighted by molar-refractivity contribution is -0.138. The van der Waals surface area contributed by atoms with Crippen molar-refractivity contribution in [3.63, 3.8) is 0 Å². The summed E-state index contributed by atoms with van der Waals surface area (Å²) >= 11 is 0. The fourth-order valence-electron chi connectivity index (χ4n) is 2.47. The maximum absolute atomic E-state index is 12.7. The van der Waals surface area contributed by atoms with Gasteiger partial charge in [0.25, 0.3) is 10.0 Å². The van der Waals surface area contributed by atoms with E-state index in [0.717, 1.165) is 12.1 Å². The highest BCUT2D eigenvalue weighted by molar-refractivity contribution is 7.93. The summed E-state index contributed by atoms with van der Waals surface area (Å²) < 4.78 is 65.4. The lowest BCUT2D eigenvalue weighted by Crippen LogP contribution is -2.14. The Morgan fingerprint density at radius 2 is 1.60 bits per heavy atom. The topological polar surface area (TPSA) is 66.4 Å². The summed E-state index contributed by atoms with van der Waals surface area (Å²) in [6, 6.07) is 13.8. The molecule has 0 aromatic heterocycles. The van der Waals surface area contributed by atoms with Gasteiger partial charge in [0, 0.05) is 11.5 Å². The second-order valence-electron chi connectivity index (χ2n) is 5.31. The lowest BCUT2D eigenvalue weighted by atomic mass is 10.1. The van der Waals surface area contributed by atoms with E-state index < -0.39 is 27.5 Å². The number of alkyl halides is 3. The lowest BCUT2D eigenvalue weighted by Gasteiger charge is -2.13. The highest BCUT2D eigenvalue weighted by atomic mass is 32.2. The van der Waals surface area contributed by atoms with Gasteiger partial charge in [-0.1, -0.05) is 36.4 Å². The third kappa shape index (κ3) is 3.39. The van der Waals surface area contributed by atoms with Crippen LogP contribution in [0.3, 0.4) is 0 Å². The van der Waals surface area contributed by atoms with Crippen molar-refractivity contribution >= 4 is 26.5 Å². The van der Waals surface area contributed by atoms with Gasteiger partial charge in [-0.3, -0.25) is 4.72 Å². The summed E-state index contributed by atoms with van der Waals surface area (Å²) in [7, 11) is -4.05. The largest absolute Gasteiger partial charge is 0.507 e. The van der Waals surface area contributed by atoms with Crippen molar-refractivity contribution in [3.8, 4) is 5.75 Å². The Bertz CT molecular complexity index is 1040. The molecule has 3 rings (SSSR count). The Balaban J connectivity index is 2.01. The highest BCUT2D eigenvalue weighted by Gasteiger charge is 2.34. The molecule has 0 aliphatic rings. The molecule has 0 aliphatic heterocycles.